The number of hydrogen-bond acceptors (Lipinski definition) is 3. The zero-order chi connectivity index (χ0) is 15.7. The van der Waals surface area contributed by atoms with E-state index < -0.39 is 5.82 Å². The molecule has 7 heteroatoms. The highest BCUT2D eigenvalue weighted by Gasteiger charge is 2.22. The summed E-state index contributed by atoms with van der Waals surface area (Å²) in [5.41, 5.74) is 2.04. The van der Waals surface area contributed by atoms with Gasteiger partial charge in [-0.2, -0.15) is 10.4 Å². The summed E-state index contributed by atoms with van der Waals surface area (Å²) in [7, 11) is 0. The Balaban J connectivity index is 2.08. The molecule has 0 saturated carbocycles. The molecule has 3 rings (SSSR count). The van der Waals surface area contributed by atoms with Crippen LogP contribution in [0.25, 0.3) is 5.69 Å². The Kier molecular flexibility index (Phi) is 4.23. The van der Waals surface area contributed by atoms with Gasteiger partial charge >= 0.3 is 0 Å². The van der Waals surface area contributed by atoms with Gasteiger partial charge in [-0.1, -0.05) is 23.2 Å². The molecular weight excluding hydrogens is 328 g/mol. The number of hydrogen-bond donors (Lipinski definition) is 0. The first-order valence-corrected chi connectivity index (χ1v) is 7.63. The van der Waals surface area contributed by atoms with Crippen molar-refractivity contribution in [2.45, 2.75) is 25.7 Å². The number of nitrogens with zero attached hydrogens (tertiary/aromatic N) is 3. The van der Waals surface area contributed by atoms with Crippen molar-refractivity contribution in [3.8, 4) is 17.5 Å². The van der Waals surface area contributed by atoms with Gasteiger partial charge in [-0.05, 0) is 31.7 Å². The first-order valence-electron chi connectivity index (χ1n) is 6.87. The highest BCUT2D eigenvalue weighted by molar-refractivity contribution is 6.32. The molecule has 0 bridgehead atoms. The van der Waals surface area contributed by atoms with Gasteiger partial charge in [0.2, 0.25) is 0 Å². The SMILES string of the molecule is N#CCOc1cc(-n2nc3c(c2Cl)CCCC3)c(F)cc1Cl. The van der Waals surface area contributed by atoms with Crippen molar-refractivity contribution in [2.75, 3.05) is 6.61 Å². The number of ether oxygens (including phenoxy) is 1. The molecule has 0 aliphatic heterocycles. The zero-order valence-corrected chi connectivity index (χ0v) is 13.1. The molecule has 1 heterocycles. The van der Waals surface area contributed by atoms with Crippen molar-refractivity contribution in [3.05, 3.63) is 39.4 Å². The van der Waals surface area contributed by atoms with Crippen LogP contribution in [0, 0.1) is 17.1 Å². The average Bonchev–Trinajstić information content (AvgIpc) is 2.84. The maximum atomic E-state index is 14.3. The van der Waals surface area contributed by atoms with Gasteiger partial charge in [-0.15, -0.1) is 0 Å². The van der Waals surface area contributed by atoms with E-state index >= 15 is 0 Å². The van der Waals surface area contributed by atoms with E-state index in [-0.39, 0.29) is 23.1 Å². The summed E-state index contributed by atoms with van der Waals surface area (Å²) in [6.45, 7) is -0.172. The van der Waals surface area contributed by atoms with E-state index in [2.05, 4.69) is 5.10 Å². The van der Waals surface area contributed by atoms with Crippen molar-refractivity contribution in [1.29, 1.82) is 5.26 Å². The lowest BCUT2D eigenvalue weighted by Crippen LogP contribution is -2.03. The van der Waals surface area contributed by atoms with Crippen LogP contribution in [0.4, 0.5) is 4.39 Å². The number of aromatic nitrogens is 2. The molecule has 0 atom stereocenters. The molecular formula is C15H12Cl2FN3O. The minimum atomic E-state index is -0.545. The third-order valence-electron chi connectivity index (χ3n) is 3.62. The van der Waals surface area contributed by atoms with Crippen LogP contribution in [0.5, 0.6) is 5.75 Å². The lowest BCUT2D eigenvalue weighted by atomic mass is 9.99. The predicted molar refractivity (Wildman–Crippen MR) is 81.3 cm³/mol. The van der Waals surface area contributed by atoms with Gasteiger partial charge in [0.25, 0.3) is 0 Å². The van der Waals surface area contributed by atoms with Gasteiger partial charge in [0, 0.05) is 11.6 Å². The molecule has 0 unspecified atom stereocenters. The molecule has 1 aromatic carbocycles. The van der Waals surface area contributed by atoms with Gasteiger partial charge in [0.1, 0.15) is 22.7 Å². The van der Waals surface area contributed by atoms with Gasteiger partial charge in [-0.3, -0.25) is 0 Å². The summed E-state index contributed by atoms with van der Waals surface area (Å²) in [6.07, 6.45) is 3.80. The van der Waals surface area contributed by atoms with E-state index in [1.807, 2.05) is 6.07 Å². The summed E-state index contributed by atoms with van der Waals surface area (Å²) in [4.78, 5) is 0. The Morgan fingerprint density at radius 2 is 2.09 bits per heavy atom. The highest BCUT2D eigenvalue weighted by atomic mass is 35.5. The molecule has 0 radical (unpaired) electrons. The molecule has 2 aromatic rings. The summed E-state index contributed by atoms with van der Waals surface area (Å²) in [5.74, 6) is -0.319. The van der Waals surface area contributed by atoms with Gasteiger partial charge < -0.3 is 4.74 Å². The molecule has 4 nitrogen and oxygen atoms in total. The van der Waals surface area contributed by atoms with Crippen LogP contribution in [0.2, 0.25) is 10.2 Å². The second-order valence-electron chi connectivity index (χ2n) is 5.02. The summed E-state index contributed by atoms with van der Waals surface area (Å²) < 4.78 is 20.8. The van der Waals surface area contributed by atoms with Gasteiger partial charge in [0.15, 0.2) is 12.4 Å². The second-order valence-corrected chi connectivity index (χ2v) is 5.78. The quantitative estimate of drug-likeness (QED) is 0.845. The monoisotopic (exact) mass is 339 g/mol. The van der Waals surface area contributed by atoms with Gasteiger partial charge in [0.05, 0.1) is 10.7 Å². The van der Waals surface area contributed by atoms with E-state index in [1.165, 1.54) is 10.7 Å². The largest absolute Gasteiger partial charge is 0.477 e. The van der Waals surface area contributed by atoms with Gasteiger partial charge in [-0.25, -0.2) is 9.07 Å². The number of nitriles is 1. The lowest BCUT2D eigenvalue weighted by Gasteiger charge is -2.10. The molecule has 1 aromatic heterocycles. The van der Waals surface area contributed by atoms with E-state index in [9.17, 15) is 4.39 Å². The Bertz CT molecular complexity index is 767. The molecule has 1 aliphatic rings. The van der Waals surface area contributed by atoms with Crippen LogP contribution in [0.3, 0.4) is 0 Å². The minimum Gasteiger partial charge on any atom is -0.477 e. The second kappa shape index (κ2) is 6.15. The number of aryl methyl sites for hydroxylation is 1. The first-order chi connectivity index (χ1) is 10.6. The fourth-order valence-corrected chi connectivity index (χ4v) is 3.11. The number of benzene rings is 1. The van der Waals surface area contributed by atoms with E-state index in [1.54, 1.807) is 0 Å². The molecule has 114 valence electrons. The third kappa shape index (κ3) is 2.65. The van der Waals surface area contributed by atoms with E-state index in [0.717, 1.165) is 43.0 Å². The molecule has 1 aliphatic carbocycles. The number of rotatable bonds is 3. The zero-order valence-electron chi connectivity index (χ0n) is 11.6. The molecule has 0 fully saturated rings. The smallest absolute Gasteiger partial charge is 0.174 e. The molecule has 22 heavy (non-hydrogen) atoms. The average molecular weight is 340 g/mol. The van der Waals surface area contributed by atoms with Crippen LogP contribution in [-0.4, -0.2) is 16.4 Å². The van der Waals surface area contributed by atoms with Crippen molar-refractivity contribution < 1.29 is 9.13 Å². The fraction of sp³-hybridized carbons (Fsp3) is 0.333. The molecule has 0 spiro atoms. The van der Waals surface area contributed by atoms with Crippen molar-refractivity contribution >= 4 is 23.2 Å². The predicted octanol–water partition coefficient (Wildman–Crippen LogP) is 4.10. The normalized spacial score (nSPS) is 13.5. The van der Waals surface area contributed by atoms with Crippen LogP contribution < -0.4 is 4.74 Å². The first kappa shape index (κ1) is 15.1. The Labute approximate surface area is 137 Å². The standard InChI is InChI=1S/C15H12Cl2FN3O/c16-10-7-11(18)13(8-14(10)22-6-5-19)21-15(17)9-3-1-2-4-12(9)20-21/h7-8H,1-4,6H2. The lowest BCUT2D eigenvalue weighted by molar-refractivity contribution is 0.367. The fourth-order valence-electron chi connectivity index (χ4n) is 2.58. The maximum Gasteiger partial charge on any atom is 0.174 e. The summed E-state index contributed by atoms with van der Waals surface area (Å²) >= 11 is 12.3. The van der Waals surface area contributed by atoms with E-state index in [0.29, 0.717) is 5.15 Å². The third-order valence-corrected chi connectivity index (χ3v) is 4.30. The highest BCUT2D eigenvalue weighted by Crippen LogP contribution is 2.34. The summed E-state index contributed by atoms with van der Waals surface area (Å²) in [5, 5.41) is 13.5. The van der Waals surface area contributed by atoms with E-state index in [4.69, 9.17) is 33.2 Å². The van der Waals surface area contributed by atoms with Crippen LogP contribution in [0.1, 0.15) is 24.1 Å². The molecule has 0 amide bonds. The van der Waals surface area contributed by atoms with Crippen LogP contribution >= 0.6 is 23.2 Å². The van der Waals surface area contributed by atoms with Crippen molar-refractivity contribution in [2.24, 2.45) is 0 Å². The molecule has 0 N–H and O–H groups in total. The molecule has 0 saturated heterocycles. The Morgan fingerprint density at radius 1 is 1.32 bits per heavy atom. The van der Waals surface area contributed by atoms with Crippen LogP contribution in [0.15, 0.2) is 12.1 Å². The topological polar surface area (TPSA) is 50.8 Å². The summed E-state index contributed by atoms with van der Waals surface area (Å²) in [6, 6.07) is 4.40. The maximum absolute atomic E-state index is 14.3. The van der Waals surface area contributed by atoms with Crippen molar-refractivity contribution in [1.82, 2.24) is 9.78 Å². The number of fused-ring (bicyclic) bond motifs is 1. The Morgan fingerprint density at radius 3 is 2.82 bits per heavy atom. The number of halogens is 3. The van der Waals surface area contributed by atoms with Crippen molar-refractivity contribution in [3.63, 3.8) is 0 Å². The minimum absolute atomic E-state index is 0.101. The Hall–Kier alpha value is -1.77. The van der Waals surface area contributed by atoms with Crippen LogP contribution in [-0.2, 0) is 12.8 Å².